The fourth-order valence-corrected chi connectivity index (χ4v) is 3.26. The van der Waals surface area contributed by atoms with Crippen molar-refractivity contribution in [3.05, 3.63) is 45.9 Å². The Labute approximate surface area is 169 Å². The van der Waals surface area contributed by atoms with Crippen LogP contribution >= 0.6 is 11.3 Å². The molecule has 8 heteroatoms. The lowest BCUT2D eigenvalue weighted by molar-refractivity contribution is -0.123. The molecule has 1 aromatic carbocycles. The maximum absolute atomic E-state index is 11.8. The van der Waals surface area contributed by atoms with Crippen LogP contribution in [-0.4, -0.2) is 36.0 Å². The Bertz CT molecular complexity index is 816. The second-order valence-corrected chi connectivity index (χ2v) is 8.01. The van der Waals surface area contributed by atoms with Crippen molar-refractivity contribution in [1.29, 1.82) is 0 Å². The summed E-state index contributed by atoms with van der Waals surface area (Å²) >= 11 is 1.67. The van der Waals surface area contributed by atoms with Crippen LogP contribution in [0.3, 0.4) is 0 Å². The lowest BCUT2D eigenvalue weighted by Crippen LogP contribution is -2.36. The molecule has 1 amide bonds. The van der Waals surface area contributed by atoms with E-state index in [4.69, 9.17) is 4.74 Å². The molecule has 0 saturated heterocycles. The molecule has 0 spiro atoms. The molecule has 1 aromatic heterocycles. The van der Waals surface area contributed by atoms with Crippen molar-refractivity contribution in [2.45, 2.75) is 45.8 Å². The molecule has 1 heterocycles. The van der Waals surface area contributed by atoms with Gasteiger partial charge in [-0.1, -0.05) is 12.1 Å². The monoisotopic (exact) mass is 401 g/mol. The van der Waals surface area contributed by atoms with Gasteiger partial charge >= 0.3 is 0 Å². The summed E-state index contributed by atoms with van der Waals surface area (Å²) in [6.45, 7) is 6.06. The van der Waals surface area contributed by atoms with Crippen molar-refractivity contribution in [2.24, 2.45) is 4.99 Å². The quantitative estimate of drug-likeness (QED) is 0.444. The van der Waals surface area contributed by atoms with E-state index in [9.17, 15) is 4.79 Å². The molecule has 3 N–H and O–H groups in total. The largest absolute Gasteiger partial charge is 0.484 e. The second kappa shape index (κ2) is 10.1. The normalized spacial score (nSPS) is 13.9. The third-order valence-corrected chi connectivity index (χ3v) is 4.96. The molecule has 0 bridgehead atoms. The van der Waals surface area contributed by atoms with E-state index in [0.717, 1.165) is 35.9 Å². The number of aromatic nitrogens is 1. The number of thiazole rings is 1. The van der Waals surface area contributed by atoms with Crippen LogP contribution in [0, 0.1) is 6.92 Å². The van der Waals surface area contributed by atoms with E-state index >= 15 is 0 Å². The van der Waals surface area contributed by atoms with Crippen LogP contribution in [-0.2, 0) is 17.9 Å². The van der Waals surface area contributed by atoms with Gasteiger partial charge in [0, 0.05) is 23.7 Å². The summed E-state index contributed by atoms with van der Waals surface area (Å²) in [5.41, 5.74) is 1.02. The van der Waals surface area contributed by atoms with Gasteiger partial charge in [-0.25, -0.2) is 9.98 Å². The lowest BCUT2D eigenvalue weighted by Gasteiger charge is -2.11. The number of hydrogen-bond donors (Lipinski definition) is 3. The molecule has 1 fully saturated rings. The highest BCUT2D eigenvalue weighted by molar-refractivity contribution is 7.11. The molecule has 0 aliphatic heterocycles. The number of benzene rings is 1. The summed E-state index contributed by atoms with van der Waals surface area (Å²) in [7, 11) is 0. The molecule has 1 aliphatic rings. The van der Waals surface area contributed by atoms with Crippen molar-refractivity contribution in [1.82, 2.24) is 20.9 Å². The number of amides is 1. The topological polar surface area (TPSA) is 87.6 Å². The van der Waals surface area contributed by atoms with Gasteiger partial charge in [-0.3, -0.25) is 4.79 Å². The van der Waals surface area contributed by atoms with Crippen LogP contribution < -0.4 is 20.7 Å². The molecule has 150 valence electrons. The minimum absolute atomic E-state index is 0.0423. The molecule has 2 aromatic rings. The van der Waals surface area contributed by atoms with Crippen LogP contribution in [0.15, 0.2) is 35.5 Å². The first-order chi connectivity index (χ1) is 13.6. The summed E-state index contributed by atoms with van der Waals surface area (Å²) in [6, 6.07) is 8.03. The molecule has 1 saturated carbocycles. The Morgan fingerprint density at radius 2 is 2.21 bits per heavy atom. The number of guanidine groups is 1. The molecule has 0 atom stereocenters. The van der Waals surface area contributed by atoms with Crippen LogP contribution in [0.2, 0.25) is 0 Å². The minimum Gasteiger partial charge on any atom is -0.484 e. The highest BCUT2D eigenvalue weighted by Gasteiger charge is 2.23. The SMILES string of the molecule is CCNC(=NCc1cccc(OCC(=O)NC2CC2)c1)NCc1ncc(C)s1. The summed E-state index contributed by atoms with van der Waals surface area (Å²) in [6.07, 6.45) is 4.02. The Balaban J connectivity index is 1.51. The number of aliphatic imine (C=N–C) groups is 1. The number of aryl methyl sites for hydroxylation is 1. The molecular weight excluding hydrogens is 374 g/mol. The smallest absolute Gasteiger partial charge is 0.258 e. The van der Waals surface area contributed by atoms with E-state index in [-0.39, 0.29) is 12.5 Å². The molecule has 3 rings (SSSR count). The van der Waals surface area contributed by atoms with Gasteiger partial charge in [0.15, 0.2) is 12.6 Å². The predicted molar refractivity (Wildman–Crippen MR) is 112 cm³/mol. The minimum atomic E-state index is -0.0676. The van der Waals surface area contributed by atoms with Crippen LogP contribution in [0.4, 0.5) is 0 Å². The van der Waals surface area contributed by atoms with Gasteiger partial charge in [0.2, 0.25) is 0 Å². The summed E-state index contributed by atoms with van der Waals surface area (Å²) in [4.78, 5) is 21.9. The van der Waals surface area contributed by atoms with Gasteiger partial charge in [0.05, 0.1) is 13.1 Å². The van der Waals surface area contributed by atoms with Crippen molar-refractivity contribution in [3.8, 4) is 5.75 Å². The number of ether oxygens (including phenoxy) is 1. The van der Waals surface area contributed by atoms with Gasteiger partial charge in [-0.05, 0) is 44.4 Å². The number of rotatable bonds is 9. The van der Waals surface area contributed by atoms with Gasteiger partial charge in [0.25, 0.3) is 5.91 Å². The van der Waals surface area contributed by atoms with E-state index in [1.807, 2.05) is 44.3 Å². The van der Waals surface area contributed by atoms with Gasteiger partial charge < -0.3 is 20.7 Å². The highest BCUT2D eigenvalue weighted by atomic mass is 32.1. The van der Waals surface area contributed by atoms with E-state index in [0.29, 0.717) is 24.9 Å². The molecule has 0 unspecified atom stereocenters. The van der Waals surface area contributed by atoms with E-state index in [1.54, 1.807) is 11.3 Å². The third kappa shape index (κ3) is 6.84. The number of nitrogens with zero attached hydrogens (tertiary/aromatic N) is 2. The van der Waals surface area contributed by atoms with E-state index in [2.05, 4.69) is 25.9 Å². The van der Waals surface area contributed by atoms with Crippen molar-refractivity contribution < 1.29 is 9.53 Å². The molecule has 28 heavy (non-hydrogen) atoms. The molecule has 7 nitrogen and oxygen atoms in total. The average molecular weight is 402 g/mol. The van der Waals surface area contributed by atoms with Gasteiger partial charge in [-0.2, -0.15) is 0 Å². The Hall–Kier alpha value is -2.61. The zero-order valence-corrected chi connectivity index (χ0v) is 17.1. The Morgan fingerprint density at radius 1 is 1.36 bits per heavy atom. The van der Waals surface area contributed by atoms with E-state index < -0.39 is 0 Å². The number of nitrogens with one attached hydrogen (secondary N) is 3. The maximum Gasteiger partial charge on any atom is 0.258 e. The standard InChI is InChI=1S/C20H27N5O2S/c1-3-21-20(24-12-19-22-10-14(2)28-19)23-11-15-5-4-6-17(9-15)27-13-18(26)25-16-7-8-16/h4-6,9-10,16H,3,7-8,11-13H2,1-2H3,(H,25,26)(H2,21,23,24). The first-order valence-corrected chi connectivity index (χ1v) is 10.4. The summed E-state index contributed by atoms with van der Waals surface area (Å²) < 4.78 is 5.60. The Morgan fingerprint density at radius 3 is 2.93 bits per heavy atom. The zero-order valence-electron chi connectivity index (χ0n) is 16.3. The Kier molecular flexibility index (Phi) is 7.25. The average Bonchev–Trinajstić information content (AvgIpc) is 3.41. The van der Waals surface area contributed by atoms with Crippen LogP contribution in [0.5, 0.6) is 5.75 Å². The summed E-state index contributed by atoms with van der Waals surface area (Å²) in [5.74, 6) is 1.35. The van der Waals surface area contributed by atoms with Crippen molar-refractivity contribution in [3.63, 3.8) is 0 Å². The first kappa shape index (κ1) is 20.1. The number of hydrogen-bond acceptors (Lipinski definition) is 5. The van der Waals surface area contributed by atoms with Crippen molar-refractivity contribution >= 4 is 23.2 Å². The van der Waals surface area contributed by atoms with Gasteiger partial charge in [-0.15, -0.1) is 11.3 Å². The number of carbonyl (C=O) groups is 1. The zero-order chi connectivity index (χ0) is 19.8. The lowest BCUT2D eigenvalue weighted by atomic mass is 10.2. The third-order valence-electron chi connectivity index (χ3n) is 4.05. The fraction of sp³-hybridized carbons (Fsp3) is 0.450. The maximum atomic E-state index is 11.8. The summed E-state index contributed by atoms with van der Waals surface area (Å²) in [5, 5.41) is 10.5. The highest BCUT2D eigenvalue weighted by Crippen LogP contribution is 2.18. The molecule has 0 radical (unpaired) electrons. The number of carbonyl (C=O) groups excluding carboxylic acids is 1. The van der Waals surface area contributed by atoms with E-state index in [1.165, 1.54) is 4.88 Å². The van der Waals surface area contributed by atoms with Crippen LogP contribution in [0.1, 0.15) is 35.2 Å². The second-order valence-electron chi connectivity index (χ2n) is 6.69. The first-order valence-electron chi connectivity index (χ1n) is 9.57. The van der Waals surface area contributed by atoms with Gasteiger partial charge in [0.1, 0.15) is 10.8 Å². The predicted octanol–water partition coefficient (Wildman–Crippen LogP) is 2.36. The van der Waals surface area contributed by atoms with Crippen molar-refractivity contribution in [2.75, 3.05) is 13.2 Å². The molecule has 1 aliphatic carbocycles. The van der Waals surface area contributed by atoms with Crippen LogP contribution in [0.25, 0.3) is 0 Å². The fourth-order valence-electron chi connectivity index (χ4n) is 2.53. The molecular formula is C20H27N5O2S.